The van der Waals surface area contributed by atoms with Crippen LogP contribution in [0, 0.1) is 0 Å². The third-order valence-electron chi connectivity index (χ3n) is 5.82. The lowest BCUT2D eigenvalue weighted by Gasteiger charge is -2.13. The van der Waals surface area contributed by atoms with E-state index in [-0.39, 0.29) is 23.0 Å². The van der Waals surface area contributed by atoms with Gasteiger partial charge < -0.3 is 5.32 Å². The standard InChI is InChI=1S/C31H22ClN3O3S/c32-23-16-13-21(14-17-23)15-18-28(36)22-7-6-8-24(19-22)33-29(37)20-39-31-34-27-12-5-4-11-26(27)30(38)35(31)25-9-2-1-3-10-25/h1-19H,20H2,(H,33,37)/b18-15+. The number of aromatic nitrogens is 2. The van der Waals surface area contributed by atoms with E-state index in [9.17, 15) is 14.4 Å². The fraction of sp³-hybridized carbons (Fsp3) is 0.0323. The van der Waals surface area contributed by atoms with Crippen molar-refractivity contribution in [1.82, 2.24) is 9.55 Å². The number of hydrogen-bond donors (Lipinski definition) is 1. The maximum atomic E-state index is 13.3. The molecule has 1 heterocycles. The molecule has 39 heavy (non-hydrogen) atoms. The van der Waals surface area contributed by atoms with Crippen molar-refractivity contribution in [2.75, 3.05) is 11.1 Å². The molecule has 0 bridgehead atoms. The van der Waals surface area contributed by atoms with Gasteiger partial charge >= 0.3 is 0 Å². The van der Waals surface area contributed by atoms with Gasteiger partial charge in [0.2, 0.25) is 5.91 Å². The number of fused-ring (bicyclic) bond motifs is 1. The fourth-order valence-electron chi connectivity index (χ4n) is 3.93. The number of para-hydroxylation sites is 2. The van der Waals surface area contributed by atoms with E-state index < -0.39 is 0 Å². The minimum absolute atomic E-state index is 0.0201. The van der Waals surface area contributed by atoms with Crippen LogP contribution in [-0.2, 0) is 4.79 Å². The molecule has 0 radical (unpaired) electrons. The van der Waals surface area contributed by atoms with Gasteiger partial charge in [0.05, 0.1) is 22.3 Å². The number of rotatable bonds is 8. The van der Waals surface area contributed by atoms with E-state index in [0.29, 0.717) is 38.0 Å². The second-order valence-electron chi connectivity index (χ2n) is 8.55. The van der Waals surface area contributed by atoms with Gasteiger partial charge in [0.1, 0.15) is 0 Å². The number of amides is 1. The first-order chi connectivity index (χ1) is 19.0. The number of carbonyl (C=O) groups excluding carboxylic acids is 2. The normalized spacial score (nSPS) is 11.1. The zero-order valence-electron chi connectivity index (χ0n) is 20.6. The van der Waals surface area contributed by atoms with E-state index in [1.807, 2.05) is 48.5 Å². The predicted octanol–water partition coefficient (Wildman–Crippen LogP) is 6.67. The third kappa shape index (κ3) is 6.34. The maximum Gasteiger partial charge on any atom is 0.266 e. The summed E-state index contributed by atoms with van der Waals surface area (Å²) in [5.74, 6) is -0.460. The molecule has 5 rings (SSSR count). The van der Waals surface area contributed by atoms with E-state index in [1.54, 1.807) is 60.7 Å². The number of allylic oxidation sites excluding steroid dienone is 1. The molecule has 1 N–H and O–H groups in total. The van der Waals surface area contributed by atoms with Crippen LogP contribution in [0.5, 0.6) is 0 Å². The van der Waals surface area contributed by atoms with Gasteiger partial charge in [-0.1, -0.05) is 84.0 Å². The highest BCUT2D eigenvalue weighted by Gasteiger charge is 2.15. The monoisotopic (exact) mass is 551 g/mol. The first-order valence-corrected chi connectivity index (χ1v) is 13.4. The summed E-state index contributed by atoms with van der Waals surface area (Å²) < 4.78 is 1.52. The summed E-state index contributed by atoms with van der Waals surface area (Å²) >= 11 is 7.07. The summed E-state index contributed by atoms with van der Waals surface area (Å²) in [7, 11) is 0. The van der Waals surface area contributed by atoms with Gasteiger partial charge in [0.15, 0.2) is 10.9 Å². The van der Waals surface area contributed by atoms with Crippen molar-refractivity contribution in [1.29, 1.82) is 0 Å². The van der Waals surface area contributed by atoms with Crippen molar-refractivity contribution >= 4 is 57.7 Å². The molecule has 1 aromatic heterocycles. The minimum Gasteiger partial charge on any atom is -0.325 e. The first-order valence-electron chi connectivity index (χ1n) is 12.1. The number of hydrogen-bond acceptors (Lipinski definition) is 5. The zero-order chi connectivity index (χ0) is 27.2. The van der Waals surface area contributed by atoms with Crippen LogP contribution in [0.3, 0.4) is 0 Å². The molecule has 5 aromatic rings. The number of nitrogens with one attached hydrogen (secondary N) is 1. The van der Waals surface area contributed by atoms with Crippen molar-refractivity contribution in [2.24, 2.45) is 0 Å². The van der Waals surface area contributed by atoms with Crippen LogP contribution < -0.4 is 10.9 Å². The lowest BCUT2D eigenvalue weighted by atomic mass is 10.1. The number of carbonyl (C=O) groups is 2. The van der Waals surface area contributed by atoms with Crippen molar-refractivity contribution in [2.45, 2.75) is 5.16 Å². The van der Waals surface area contributed by atoms with Crippen molar-refractivity contribution < 1.29 is 9.59 Å². The molecule has 0 fully saturated rings. The highest BCUT2D eigenvalue weighted by Crippen LogP contribution is 2.22. The summed E-state index contributed by atoms with van der Waals surface area (Å²) in [6, 6.07) is 30.3. The maximum absolute atomic E-state index is 13.3. The molecule has 192 valence electrons. The number of benzene rings is 4. The van der Waals surface area contributed by atoms with Crippen LogP contribution in [0.15, 0.2) is 119 Å². The predicted molar refractivity (Wildman–Crippen MR) is 158 cm³/mol. The third-order valence-corrected chi connectivity index (χ3v) is 7.01. The molecule has 0 aliphatic carbocycles. The molecule has 0 aliphatic heterocycles. The first kappa shape index (κ1) is 26.2. The lowest BCUT2D eigenvalue weighted by Crippen LogP contribution is -2.23. The summed E-state index contributed by atoms with van der Waals surface area (Å²) in [5, 5.41) is 4.37. The molecule has 0 saturated carbocycles. The van der Waals surface area contributed by atoms with Gasteiger partial charge in [-0.25, -0.2) is 4.98 Å². The van der Waals surface area contributed by atoms with Gasteiger partial charge in [-0.15, -0.1) is 0 Å². The second kappa shape index (κ2) is 11.9. The van der Waals surface area contributed by atoms with Gasteiger partial charge in [-0.2, -0.15) is 0 Å². The van der Waals surface area contributed by atoms with Crippen LogP contribution in [0.2, 0.25) is 5.02 Å². The quantitative estimate of drug-likeness (QED) is 0.101. The molecule has 0 unspecified atom stereocenters. The Bertz CT molecular complexity index is 1750. The Morgan fingerprint density at radius 1 is 0.897 bits per heavy atom. The van der Waals surface area contributed by atoms with Crippen LogP contribution in [0.4, 0.5) is 5.69 Å². The Balaban J connectivity index is 1.31. The van der Waals surface area contributed by atoms with E-state index in [0.717, 1.165) is 5.56 Å². The van der Waals surface area contributed by atoms with Crippen molar-refractivity contribution in [3.05, 3.63) is 136 Å². The van der Waals surface area contributed by atoms with Gasteiger partial charge in [0, 0.05) is 16.3 Å². The van der Waals surface area contributed by atoms with Crippen LogP contribution >= 0.6 is 23.4 Å². The summed E-state index contributed by atoms with van der Waals surface area (Å²) in [6.45, 7) is 0. The zero-order valence-corrected chi connectivity index (χ0v) is 22.2. The van der Waals surface area contributed by atoms with E-state index in [4.69, 9.17) is 11.6 Å². The number of halogens is 1. The summed E-state index contributed by atoms with van der Waals surface area (Å²) in [6.07, 6.45) is 3.19. The molecular formula is C31H22ClN3O3S. The largest absolute Gasteiger partial charge is 0.325 e. The van der Waals surface area contributed by atoms with Gasteiger partial charge in [0.25, 0.3) is 5.56 Å². The number of ketones is 1. The van der Waals surface area contributed by atoms with Crippen LogP contribution in [-0.4, -0.2) is 27.0 Å². The average molecular weight is 552 g/mol. The number of anilines is 1. The SMILES string of the molecule is O=C(CSc1nc2ccccc2c(=O)n1-c1ccccc1)Nc1cccc(C(=O)/C=C/c2ccc(Cl)cc2)c1. The second-order valence-corrected chi connectivity index (χ2v) is 9.93. The van der Waals surface area contributed by atoms with Gasteiger partial charge in [-0.3, -0.25) is 19.0 Å². The average Bonchev–Trinajstić information content (AvgIpc) is 2.96. The highest BCUT2D eigenvalue weighted by molar-refractivity contribution is 7.99. The van der Waals surface area contributed by atoms with E-state index in [2.05, 4.69) is 10.3 Å². The number of thioether (sulfide) groups is 1. The van der Waals surface area contributed by atoms with Crippen LogP contribution in [0.1, 0.15) is 15.9 Å². The van der Waals surface area contributed by atoms with Crippen molar-refractivity contribution in [3.63, 3.8) is 0 Å². The topological polar surface area (TPSA) is 81.1 Å². The highest BCUT2D eigenvalue weighted by atomic mass is 35.5. The molecule has 0 saturated heterocycles. The Morgan fingerprint density at radius 2 is 1.64 bits per heavy atom. The smallest absolute Gasteiger partial charge is 0.266 e. The lowest BCUT2D eigenvalue weighted by molar-refractivity contribution is -0.113. The minimum atomic E-state index is -0.289. The molecule has 1 amide bonds. The molecule has 8 heteroatoms. The Labute approximate surface area is 234 Å². The fourth-order valence-corrected chi connectivity index (χ4v) is 4.87. The van der Waals surface area contributed by atoms with Crippen LogP contribution in [0.25, 0.3) is 22.7 Å². The Kier molecular flexibility index (Phi) is 8.01. The number of nitrogens with zero attached hydrogens (tertiary/aromatic N) is 2. The van der Waals surface area contributed by atoms with E-state index in [1.165, 1.54) is 22.4 Å². The molecular weight excluding hydrogens is 530 g/mol. The summed E-state index contributed by atoms with van der Waals surface area (Å²) in [4.78, 5) is 43.5. The van der Waals surface area contributed by atoms with Gasteiger partial charge in [-0.05, 0) is 60.2 Å². The Morgan fingerprint density at radius 3 is 2.44 bits per heavy atom. The summed E-state index contributed by atoms with van der Waals surface area (Å²) in [5.41, 5.74) is 2.83. The van der Waals surface area contributed by atoms with E-state index >= 15 is 0 Å². The molecule has 4 aromatic carbocycles. The molecule has 0 spiro atoms. The van der Waals surface area contributed by atoms with Crippen molar-refractivity contribution in [3.8, 4) is 5.69 Å². The molecule has 0 atom stereocenters. The molecule has 6 nitrogen and oxygen atoms in total. The molecule has 0 aliphatic rings. The Hall–Kier alpha value is -4.46.